The zero-order chi connectivity index (χ0) is 16.2. The van der Waals surface area contributed by atoms with E-state index in [0.717, 1.165) is 21.5 Å². The molecule has 6 heteroatoms. The highest BCUT2D eigenvalue weighted by atomic mass is 32.2. The zero-order valence-corrected chi connectivity index (χ0v) is 13.6. The Hall–Kier alpha value is -2.34. The molecule has 3 rings (SSSR count). The minimum atomic E-state index is -0.233. The summed E-state index contributed by atoms with van der Waals surface area (Å²) in [6, 6.07) is 10.2. The van der Waals surface area contributed by atoms with Crippen molar-refractivity contribution in [3.05, 3.63) is 54.1 Å². The predicted octanol–water partition coefficient (Wildman–Crippen LogP) is 4.08. The molecule has 0 aliphatic rings. The summed E-state index contributed by atoms with van der Waals surface area (Å²) in [4.78, 5) is 8.63. The van der Waals surface area contributed by atoms with Crippen LogP contribution in [0.4, 0.5) is 4.39 Å². The van der Waals surface area contributed by atoms with Gasteiger partial charge in [0.25, 0.3) is 0 Å². The zero-order valence-electron chi connectivity index (χ0n) is 12.7. The highest BCUT2D eigenvalue weighted by Crippen LogP contribution is 2.35. The number of aromatic nitrogens is 2. The summed E-state index contributed by atoms with van der Waals surface area (Å²) in [5.74, 6) is 1.73. The Labute approximate surface area is 137 Å². The average Bonchev–Trinajstić information content (AvgIpc) is 2.60. The second-order valence-corrected chi connectivity index (χ2v) is 5.78. The first-order valence-electron chi connectivity index (χ1n) is 6.95. The normalized spacial score (nSPS) is 10.7. The van der Waals surface area contributed by atoms with Crippen LogP contribution in [0.5, 0.6) is 11.5 Å². The maximum Gasteiger partial charge on any atom is 0.162 e. The fraction of sp³-hybridized carbons (Fsp3) is 0.176. The SMILES string of the molecule is COc1cc2ncnc(SCc3ccc(F)cc3)c2cc1OC. The summed E-state index contributed by atoms with van der Waals surface area (Å²) >= 11 is 1.57. The topological polar surface area (TPSA) is 44.2 Å². The van der Waals surface area contributed by atoms with E-state index < -0.39 is 0 Å². The van der Waals surface area contributed by atoms with Gasteiger partial charge in [-0.3, -0.25) is 0 Å². The maximum atomic E-state index is 13.0. The largest absolute Gasteiger partial charge is 0.493 e. The molecule has 1 aromatic heterocycles. The molecule has 0 radical (unpaired) electrons. The lowest BCUT2D eigenvalue weighted by Crippen LogP contribution is -1.94. The molecule has 0 fully saturated rings. The molecular weight excluding hydrogens is 315 g/mol. The Bertz CT molecular complexity index is 825. The molecule has 0 N–H and O–H groups in total. The van der Waals surface area contributed by atoms with Crippen LogP contribution in [0.15, 0.2) is 47.8 Å². The van der Waals surface area contributed by atoms with Gasteiger partial charge in [-0.15, -0.1) is 11.8 Å². The molecule has 0 unspecified atom stereocenters. The highest BCUT2D eigenvalue weighted by Gasteiger charge is 2.11. The third-order valence-electron chi connectivity index (χ3n) is 3.39. The van der Waals surface area contributed by atoms with Gasteiger partial charge in [0.2, 0.25) is 0 Å². The van der Waals surface area contributed by atoms with Crippen molar-refractivity contribution in [1.29, 1.82) is 0 Å². The Balaban J connectivity index is 1.92. The van der Waals surface area contributed by atoms with Crippen LogP contribution in [0, 0.1) is 5.82 Å². The first-order chi connectivity index (χ1) is 11.2. The summed E-state index contributed by atoms with van der Waals surface area (Å²) in [6.45, 7) is 0. The third kappa shape index (κ3) is 3.37. The van der Waals surface area contributed by atoms with Gasteiger partial charge in [-0.1, -0.05) is 12.1 Å². The standard InChI is InChI=1S/C17H15FN2O2S/c1-21-15-7-13-14(8-16(15)22-2)19-10-20-17(13)23-9-11-3-5-12(18)6-4-11/h3-8,10H,9H2,1-2H3. The number of hydrogen-bond donors (Lipinski definition) is 0. The van der Waals surface area contributed by atoms with Crippen molar-refractivity contribution in [2.75, 3.05) is 14.2 Å². The molecule has 23 heavy (non-hydrogen) atoms. The number of methoxy groups -OCH3 is 2. The Kier molecular flexibility index (Phi) is 4.62. The second kappa shape index (κ2) is 6.83. The number of ether oxygens (including phenoxy) is 2. The molecule has 0 bridgehead atoms. The molecule has 0 atom stereocenters. The Morgan fingerprint density at radius 1 is 1.00 bits per heavy atom. The lowest BCUT2D eigenvalue weighted by molar-refractivity contribution is 0.355. The van der Waals surface area contributed by atoms with E-state index in [4.69, 9.17) is 9.47 Å². The first-order valence-corrected chi connectivity index (χ1v) is 7.94. The fourth-order valence-electron chi connectivity index (χ4n) is 2.21. The van der Waals surface area contributed by atoms with Crippen molar-refractivity contribution < 1.29 is 13.9 Å². The Morgan fingerprint density at radius 2 is 1.70 bits per heavy atom. The van der Waals surface area contributed by atoms with E-state index in [2.05, 4.69) is 9.97 Å². The van der Waals surface area contributed by atoms with Crippen molar-refractivity contribution in [2.45, 2.75) is 10.8 Å². The van der Waals surface area contributed by atoms with Gasteiger partial charge >= 0.3 is 0 Å². The highest BCUT2D eigenvalue weighted by molar-refractivity contribution is 7.98. The van der Waals surface area contributed by atoms with Crippen LogP contribution < -0.4 is 9.47 Å². The third-order valence-corrected chi connectivity index (χ3v) is 4.47. The predicted molar refractivity (Wildman–Crippen MR) is 88.6 cm³/mol. The van der Waals surface area contributed by atoms with Crippen molar-refractivity contribution >= 4 is 22.7 Å². The van der Waals surface area contributed by atoms with Gasteiger partial charge in [0.15, 0.2) is 11.5 Å². The maximum absolute atomic E-state index is 13.0. The van der Waals surface area contributed by atoms with E-state index >= 15 is 0 Å². The lowest BCUT2D eigenvalue weighted by Gasteiger charge is -2.10. The molecule has 0 aliphatic carbocycles. The molecule has 3 aromatic rings. The first kappa shape index (κ1) is 15.6. The molecule has 4 nitrogen and oxygen atoms in total. The minimum absolute atomic E-state index is 0.233. The van der Waals surface area contributed by atoms with Crippen LogP contribution in [0.3, 0.4) is 0 Å². The van der Waals surface area contributed by atoms with Gasteiger partial charge in [0.05, 0.1) is 19.7 Å². The summed E-state index contributed by atoms with van der Waals surface area (Å²) in [5.41, 5.74) is 1.82. The lowest BCUT2D eigenvalue weighted by atomic mass is 10.2. The van der Waals surface area contributed by atoms with E-state index in [-0.39, 0.29) is 5.82 Å². The van der Waals surface area contributed by atoms with Crippen LogP contribution in [-0.2, 0) is 5.75 Å². The molecule has 118 valence electrons. The van der Waals surface area contributed by atoms with Gasteiger partial charge in [-0.05, 0) is 23.8 Å². The average molecular weight is 330 g/mol. The molecule has 0 aliphatic heterocycles. The molecule has 0 saturated heterocycles. The summed E-state index contributed by atoms with van der Waals surface area (Å²) < 4.78 is 23.6. The van der Waals surface area contributed by atoms with E-state index in [1.807, 2.05) is 12.1 Å². The van der Waals surface area contributed by atoms with Crippen molar-refractivity contribution in [1.82, 2.24) is 9.97 Å². The number of halogens is 1. The summed E-state index contributed by atoms with van der Waals surface area (Å²) in [5, 5.41) is 1.75. The Morgan fingerprint density at radius 3 is 2.39 bits per heavy atom. The van der Waals surface area contributed by atoms with Gasteiger partial charge in [-0.25, -0.2) is 14.4 Å². The number of nitrogens with zero attached hydrogens (tertiary/aromatic N) is 2. The molecule has 0 spiro atoms. The van der Waals surface area contributed by atoms with Crippen molar-refractivity contribution in [2.24, 2.45) is 0 Å². The van der Waals surface area contributed by atoms with Crippen LogP contribution >= 0.6 is 11.8 Å². The quantitative estimate of drug-likeness (QED) is 0.521. The van der Waals surface area contributed by atoms with Gasteiger partial charge in [-0.2, -0.15) is 0 Å². The summed E-state index contributed by atoms with van der Waals surface area (Å²) in [7, 11) is 3.19. The van der Waals surface area contributed by atoms with Gasteiger partial charge < -0.3 is 9.47 Å². The van der Waals surface area contributed by atoms with Crippen LogP contribution in [0.2, 0.25) is 0 Å². The monoisotopic (exact) mass is 330 g/mol. The van der Waals surface area contributed by atoms with Crippen LogP contribution in [-0.4, -0.2) is 24.2 Å². The number of rotatable bonds is 5. The molecular formula is C17H15FN2O2S. The van der Waals surface area contributed by atoms with Crippen molar-refractivity contribution in [3.63, 3.8) is 0 Å². The van der Waals surface area contributed by atoms with E-state index in [9.17, 15) is 4.39 Å². The summed E-state index contributed by atoms with van der Waals surface area (Å²) in [6.07, 6.45) is 1.53. The second-order valence-electron chi connectivity index (χ2n) is 4.82. The smallest absolute Gasteiger partial charge is 0.162 e. The van der Waals surface area contributed by atoms with Crippen LogP contribution in [0.1, 0.15) is 5.56 Å². The molecule has 0 amide bonds. The van der Waals surface area contributed by atoms with Crippen LogP contribution in [0.25, 0.3) is 10.9 Å². The van der Waals surface area contributed by atoms with Gasteiger partial charge in [0, 0.05) is 17.2 Å². The van der Waals surface area contributed by atoms with Gasteiger partial charge in [0.1, 0.15) is 17.2 Å². The number of benzene rings is 2. The van der Waals surface area contributed by atoms with E-state index in [1.54, 1.807) is 38.1 Å². The van der Waals surface area contributed by atoms with Crippen molar-refractivity contribution in [3.8, 4) is 11.5 Å². The molecule has 1 heterocycles. The molecule has 2 aromatic carbocycles. The number of thioether (sulfide) groups is 1. The number of hydrogen-bond acceptors (Lipinski definition) is 5. The van der Waals surface area contributed by atoms with E-state index in [0.29, 0.717) is 17.3 Å². The van der Waals surface area contributed by atoms with E-state index in [1.165, 1.54) is 18.5 Å². The minimum Gasteiger partial charge on any atom is -0.493 e. The fourth-order valence-corrected chi connectivity index (χ4v) is 3.14. The molecule has 0 saturated carbocycles. The number of fused-ring (bicyclic) bond motifs is 1.